The number of nitrogens with one attached hydrogen (secondary N) is 2. The van der Waals surface area contributed by atoms with Crippen LogP contribution in [0, 0.1) is 0 Å². The number of carbonyl (C=O) groups is 1. The van der Waals surface area contributed by atoms with Crippen LogP contribution in [0.1, 0.15) is 25.0 Å². The molecule has 0 unspecified atom stereocenters. The molecule has 0 aliphatic rings. The average Bonchev–Trinajstić information content (AvgIpc) is 2.35. The van der Waals surface area contributed by atoms with E-state index < -0.39 is 29.2 Å². The van der Waals surface area contributed by atoms with Crippen molar-refractivity contribution in [3.05, 3.63) is 29.3 Å². The Morgan fingerprint density at radius 1 is 1.38 bits per heavy atom. The van der Waals surface area contributed by atoms with Gasteiger partial charge in [0.1, 0.15) is 0 Å². The summed E-state index contributed by atoms with van der Waals surface area (Å²) in [6.45, 7) is 3.42. The summed E-state index contributed by atoms with van der Waals surface area (Å²) < 4.78 is 38.9. The van der Waals surface area contributed by atoms with Gasteiger partial charge in [0.2, 0.25) is 0 Å². The number of nitrogens with zero attached hydrogens (tertiary/aromatic N) is 1. The lowest BCUT2D eigenvalue weighted by atomic mass is 10.1. The number of hydrogen-bond acceptors (Lipinski definition) is 3. The SMILES string of the molecule is CC(C)NC(=O)Nc1ccc(C(N)=NO)c(C(F)(F)F)c1. The van der Waals surface area contributed by atoms with Crippen molar-refractivity contribution in [2.75, 3.05) is 5.32 Å². The number of carbonyl (C=O) groups excluding carboxylic acids is 1. The van der Waals surface area contributed by atoms with Gasteiger partial charge in [-0.2, -0.15) is 13.2 Å². The van der Waals surface area contributed by atoms with Gasteiger partial charge in [-0.3, -0.25) is 0 Å². The second-order valence-corrected chi connectivity index (χ2v) is 4.50. The van der Waals surface area contributed by atoms with Gasteiger partial charge < -0.3 is 21.6 Å². The van der Waals surface area contributed by atoms with E-state index in [-0.39, 0.29) is 11.7 Å². The highest BCUT2D eigenvalue weighted by atomic mass is 19.4. The molecule has 6 nitrogen and oxygen atoms in total. The maximum Gasteiger partial charge on any atom is 0.417 e. The first-order chi connectivity index (χ1) is 9.65. The third-order valence-corrected chi connectivity index (χ3v) is 2.39. The van der Waals surface area contributed by atoms with Crippen LogP contribution in [0.5, 0.6) is 0 Å². The Hall–Kier alpha value is -2.45. The van der Waals surface area contributed by atoms with E-state index in [0.717, 1.165) is 6.07 Å². The predicted octanol–water partition coefficient (Wildman–Crippen LogP) is 2.33. The van der Waals surface area contributed by atoms with Crippen LogP contribution < -0.4 is 16.4 Å². The smallest absolute Gasteiger partial charge is 0.409 e. The molecule has 1 aromatic rings. The van der Waals surface area contributed by atoms with E-state index in [0.29, 0.717) is 6.07 Å². The van der Waals surface area contributed by atoms with E-state index in [4.69, 9.17) is 10.9 Å². The van der Waals surface area contributed by atoms with Gasteiger partial charge in [0, 0.05) is 17.3 Å². The van der Waals surface area contributed by atoms with Crippen molar-refractivity contribution >= 4 is 17.6 Å². The van der Waals surface area contributed by atoms with Gasteiger partial charge in [-0.15, -0.1) is 0 Å². The summed E-state index contributed by atoms with van der Waals surface area (Å²) in [6, 6.07) is 2.16. The minimum absolute atomic E-state index is 0.0602. The number of urea groups is 1. The summed E-state index contributed by atoms with van der Waals surface area (Å²) in [5, 5.41) is 15.8. The van der Waals surface area contributed by atoms with Gasteiger partial charge in [-0.1, -0.05) is 5.16 Å². The molecule has 0 saturated heterocycles. The monoisotopic (exact) mass is 304 g/mol. The molecule has 1 aromatic carbocycles. The zero-order valence-corrected chi connectivity index (χ0v) is 11.3. The van der Waals surface area contributed by atoms with E-state index in [1.807, 2.05) is 0 Å². The van der Waals surface area contributed by atoms with E-state index in [1.54, 1.807) is 13.8 Å². The number of amidine groups is 1. The Labute approximate surface area is 118 Å². The molecule has 9 heteroatoms. The molecule has 0 atom stereocenters. The van der Waals surface area contributed by atoms with Crippen LogP contribution in [0.3, 0.4) is 0 Å². The summed E-state index contributed by atoms with van der Waals surface area (Å²) in [6.07, 6.45) is -4.71. The lowest BCUT2D eigenvalue weighted by Crippen LogP contribution is -2.34. The fraction of sp³-hybridized carbons (Fsp3) is 0.333. The van der Waals surface area contributed by atoms with Crippen LogP contribution in [0.25, 0.3) is 0 Å². The zero-order chi connectivity index (χ0) is 16.2. The van der Waals surface area contributed by atoms with Crippen molar-refractivity contribution in [3.8, 4) is 0 Å². The second-order valence-electron chi connectivity index (χ2n) is 4.50. The average molecular weight is 304 g/mol. The zero-order valence-electron chi connectivity index (χ0n) is 11.3. The molecule has 0 bridgehead atoms. The fourth-order valence-corrected chi connectivity index (χ4v) is 1.56. The highest BCUT2D eigenvalue weighted by Gasteiger charge is 2.34. The number of rotatable bonds is 3. The summed E-state index contributed by atoms with van der Waals surface area (Å²) in [7, 11) is 0. The standard InChI is InChI=1S/C12H15F3N4O2/c1-6(2)17-11(20)18-7-3-4-8(10(16)19-21)9(5-7)12(13,14)15/h3-6,21H,1-2H3,(H2,16,19)(H2,17,18,20). The van der Waals surface area contributed by atoms with Crippen LogP contribution >= 0.6 is 0 Å². The predicted molar refractivity (Wildman–Crippen MR) is 71.2 cm³/mol. The van der Waals surface area contributed by atoms with E-state index in [9.17, 15) is 18.0 Å². The maximum atomic E-state index is 13.0. The third kappa shape index (κ3) is 4.55. The molecule has 0 aromatic heterocycles. The van der Waals surface area contributed by atoms with Crippen LogP contribution in [-0.4, -0.2) is 23.1 Å². The highest BCUT2D eigenvalue weighted by molar-refractivity contribution is 5.99. The van der Waals surface area contributed by atoms with Gasteiger partial charge in [-0.05, 0) is 32.0 Å². The largest absolute Gasteiger partial charge is 0.417 e. The molecule has 0 radical (unpaired) electrons. The molecule has 1 rings (SSSR count). The number of hydrogen-bond donors (Lipinski definition) is 4. The van der Waals surface area contributed by atoms with Crippen LogP contribution in [-0.2, 0) is 6.18 Å². The van der Waals surface area contributed by atoms with Gasteiger partial charge in [0.15, 0.2) is 5.84 Å². The Balaban J connectivity index is 3.14. The van der Waals surface area contributed by atoms with Crippen LogP contribution in [0.4, 0.5) is 23.7 Å². The van der Waals surface area contributed by atoms with Crippen molar-refractivity contribution < 1.29 is 23.2 Å². The topological polar surface area (TPSA) is 99.7 Å². The molecule has 0 fully saturated rings. The third-order valence-electron chi connectivity index (χ3n) is 2.39. The molecule has 21 heavy (non-hydrogen) atoms. The number of alkyl halides is 3. The maximum absolute atomic E-state index is 13.0. The van der Waals surface area contributed by atoms with E-state index in [1.165, 1.54) is 6.07 Å². The Bertz CT molecular complexity index is 556. The first-order valence-electron chi connectivity index (χ1n) is 5.91. The Kier molecular flexibility index (Phi) is 5.01. The summed E-state index contributed by atoms with van der Waals surface area (Å²) in [5.41, 5.74) is 3.57. The number of anilines is 1. The van der Waals surface area contributed by atoms with Crippen LogP contribution in [0.15, 0.2) is 23.4 Å². The van der Waals surface area contributed by atoms with Gasteiger partial charge in [0.25, 0.3) is 0 Å². The van der Waals surface area contributed by atoms with Crippen molar-refractivity contribution in [2.24, 2.45) is 10.9 Å². The highest BCUT2D eigenvalue weighted by Crippen LogP contribution is 2.33. The summed E-state index contributed by atoms with van der Waals surface area (Å²) in [4.78, 5) is 11.5. The van der Waals surface area contributed by atoms with Crippen molar-refractivity contribution in [2.45, 2.75) is 26.1 Å². The quantitative estimate of drug-likeness (QED) is 0.298. The molecule has 2 amide bonds. The lowest BCUT2D eigenvalue weighted by Gasteiger charge is -2.15. The van der Waals surface area contributed by atoms with Gasteiger partial charge in [-0.25, -0.2) is 4.79 Å². The van der Waals surface area contributed by atoms with Gasteiger partial charge >= 0.3 is 12.2 Å². The minimum atomic E-state index is -4.71. The molecule has 116 valence electrons. The molecule has 0 saturated carbocycles. The number of halogens is 3. The van der Waals surface area contributed by atoms with Crippen molar-refractivity contribution in [1.29, 1.82) is 0 Å². The van der Waals surface area contributed by atoms with Crippen molar-refractivity contribution in [3.63, 3.8) is 0 Å². The molecular weight excluding hydrogens is 289 g/mol. The number of benzene rings is 1. The molecule has 0 heterocycles. The molecule has 0 aliphatic carbocycles. The summed E-state index contributed by atoms with van der Waals surface area (Å²) in [5.74, 6) is -0.666. The molecule has 5 N–H and O–H groups in total. The lowest BCUT2D eigenvalue weighted by molar-refractivity contribution is -0.137. The van der Waals surface area contributed by atoms with Crippen molar-refractivity contribution in [1.82, 2.24) is 5.32 Å². The molecule has 0 spiro atoms. The summed E-state index contributed by atoms with van der Waals surface area (Å²) >= 11 is 0. The molecule has 0 aliphatic heterocycles. The normalized spacial score (nSPS) is 12.4. The minimum Gasteiger partial charge on any atom is -0.409 e. The first kappa shape index (κ1) is 16.6. The van der Waals surface area contributed by atoms with Gasteiger partial charge in [0.05, 0.1) is 5.56 Å². The van der Waals surface area contributed by atoms with E-state index >= 15 is 0 Å². The first-order valence-corrected chi connectivity index (χ1v) is 5.91. The fourth-order valence-electron chi connectivity index (χ4n) is 1.56. The Morgan fingerprint density at radius 2 is 2.00 bits per heavy atom. The van der Waals surface area contributed by atoms with E-state index in [2.05, 4.69) is 15.8 Å². The number of nitrogens with two attached hydrogens (primary N) is 1. The number of amides is 2. The molecular formula is C12H15F3N4O2. The number of oxime groups is 1. The Morgan fingerprint density at radius 3 is 2.48 bits per heavy atom. The van der Waals surface area contributed by atoms with Crippen LogP contribution in [0.2, 0.25) is 0 Å². The second kappa shape index (κ2) is 6.33.